The molecule has 0 atom stereocenters. The minimum Gasteiger partial charge on any atom is -0.464 e. The molecule has 0 amide bonds. The van der Waals surface area contributed by atoms with Gasteiger partial charge in [-0.05, 0) is 0 Å². The Bertz CT molecular complexity index is 2300. The molecule has 5 rings (SSSR count). The molecule has 0 aliphatic rings. The SMILES string of the molecule is COC(=O)c1[nH]ncc1[N+](=O)[O-].COC(=O)c1c(N)cnn1C.COC(=O)c1c([N+](=O)[O-])cnn1C.COC(=O)c1nn(C)cc1N.COC(=O)c1nn(C)cc1[N+](=O)[O-]. The van der Waals surface area contributed by atoms with Gasteiger partial charge in [-0.2, -0.15) is 25.5 Å². The highest BCUT2D eigenvalue weighted by Crippen LogP contribution is 2.18. The molecule has 0 aliphatic carbocycles. The Hall–Kier alpha value is -8.80. The van der Waals surface area contributed by atoms with E-state index < -0.39 is 44.6 Å². The molecule has 0 radical (unpaired) electrons. The molecule has 0 aromatic carbocycles. The van der Waals surface area contributed by atoms with Gasteiger partial charge in [-0.1, -0.05) is 0 Å². The van der Waals surface area contributed by atoms with Crippen LogP contribution in [0.2, 0.25) is 0 Å². The molecule has 5 aromatic rings. The Morgan fingerprint density at radius 2 is 1.00 bits per heavy atom. The fraction of sp³-hybridized carbons (Fsp3) is 0.310. The Labute approximate surface area is 335 Å². The topological polar surface area (TPSA) is 413 Å². The van der Waals surface area contributed by atoms with E-state index in [1.807, 2.05) is 0 Å². The molecular weight excluding hydrogens is 814 g/mol. The fourth-order valence-electron chi connectivity index (χ4n) is 3.98. The number of nitrogens with one attached hydrogen (secondary N) is 1. The van der Waals surface area contributed by atoms with E-state index in [0.29, 0.717) is 11.4 Å². The van der Waals surface area contributed by atoms with Crippen molar-refractivity contribution in [2.24, 2.45) is 28.2 Å². The number of anilines is 2. The van der Waals surface area contributed by atoms with E-state index in [4.69, 9.17) is 11.5 Å². The average Bonchev–Trinajstić information content (AvgIpc) is 4.06. The minimum atomic E-state index is -0.813. The number of nitro groups is 3. The Balaban J connectivity index is 0.000000376. The number of aryl methyl sites for hydroxylation is 4. The van der Waals surface area contributed by atoms with E-state index in [0.717, 1.165) is 44.6 Å². The smallest absolute Gasteiger partial charge is 0.365 e. The molecule has 0 aliphatic heterocycles. The summed E-state index contributed by atoms with van der Waals surface area (Å²) in [5.41, 5.74) is 10.2. The van der Waals surface area contributed by atoms with Crippen molar-refractivity contribution >= 4 is 58.3 Å². The van der Waals surface area contributed by atoms with Crippen LogP contribution in [0.25, 0.3) is 0 Å². The molecule has 0 saturated carbocycles. The normalized spacial score (nSPS) is 9.62. The van der Waals surface area contributed by atoms with Gasteiger partial charge in [0.05, 0.1) is 67.9 Å². The zero-order valence-electron chi connectivity index (χ0n) is 32.9. The number of ether oxygens (including phenoxy) is 5. The lowest BCUT2D eigenvalue weighted by Crippen LogP contribution is -2.10. The highest BCUT2D eigenvalue weighted by molar-refractivity contribution is 5.94. The van der Waals surface area contributed by atoms with Gasteiger partial charge in [0.1, 0.15) is 18.6 Å². The van der Waals surface area contributed by atoms with Gasteiger partial charge in [0.15, 0.2) is 11.4 Å². The van der Waals surface area contributed by atoms with E-state index in [2.05, 4.69) is 54.3 Å². The van der Waals surface area contributed by atoms with Gasteiger partial charge in [0.2, 0.25) is 17.1 Å². The van der Waals surface area contributed by atoms with Crippen LogP contribution in [0.3, 0.4) is 0 Å². The lowest BCUT2D eigenvalue weighted by molar-refractivity contribution is -0.385. The van der Waals surface area contributed by atoms with Gasteiger partial charge in [0.25, 0.3) is 0 Å². The highest BCUT2D eigenvalue weighted by atomic mass is 16.6. The number of nitrogen functional groups attached to an aromatic ring is 2. The summed E-state index contributed by atoms with van der Waals surface area (Å²) in [6.45, 7) is 0. The van der Waals surface area contributed by atoms with Crippen LogP contribution in [-0.4, -0.2) is 129 Å². The predicted molar refractivity (Wildman–Crippen MR) is 197 cm³/mol. The lowest BCUT2D eigenvalue weighted by Gasteiger charge is -1.99. The number of hydrogen-bond acceptors (Lipinski definition) is 23. The molecule has 5 heterocycles. The van der Waals surface area contributed by atoms with Crippen molar-refractivity contribution in [1.29, 1.82) is 0 Å². The quantitative estimate of drug-likeness (QED) is 0.0794. The van der Waals surface area contributed by atoms with Crippen LogP contribution in [0.5, 0.6) is 0 Å². The van der Waals surface area contributed by atoms with Crippen molar-refractivity contribution < 1.29 is 62.4 Å². The molecule has 0 unspecified atom stereocenters. The number of methoxy groups -OCH3 is 5. The van der Waals surface area contributed by atoms with Crippen LogP contribution in [-0.2, 0) is 51.9 Å². The number of aromatic amines is 1. The number of H-pyrrole nitrogens is 1. The van der Waals surface area contributed by atoms with Crippen molar-refractivity contribution in [2.75, 3.05) is 47.0 Å². The van der Waals surface area contributed by atoms with Crippen LogP contribution in [0.1, 0.15) is 52.4 Å². The second-order valence-corrected chi connectivity index (χ2v) is 10.6. The molecule has 5 aromatic heterocycles. The zero-order valence-corrected chi connectivity index (χ0v) is 32.9. The molecule has 0 spiro atoms. The molecule has 60 heavy (non-hydrogen) atoms. The molecule has 0 fully saturated rings. The van der Waals surface area contributed by atoms with Crippen molar-refractivity contribution in [3.8, 4) is 0 Å². The Kier molecular flexibility index (Phi) is 18.6. The summed E-state index contributed by atoms with van der Waals surface area (Å²) in [7, 11) is 12.2. The number of carbonyl (C=O) groups is 5. The number of rotatable bonds is 8. The predicted octanol–water partition coefficient (Wildman–Crippen LogP) is -0.0879. The number of hydrogen-bond donors (Lipinski definition) is 3. The van der Waals surface area contributed by atoms with E-state index in [9.17, 15) is 54.3 Å². The first-order valence-corrected chi connectivity index (χ1v) is 15.6. The third-order valence-corrected chi connectivity index (χ3v) is 6.67. The van der Waals surface area contributed by atoms with Crippen LogP contribution in [0, 0.1) is 30.3 Å². The van der Waals surface area contributed by atoms with Crippen LogP contribution < -0.4 is 11.5 Å². The third kappa shape index (κ3) is 13.2. The van der Waals surface area contributed by atoms with Gasteiger partial charge >= 0.3 is 46.9 Å². The standard InChI is InChI=1S/2C6H7N3O4.2C6H9N3O2.C5H5N3O4/c1-8-3-4(9(11)12)5(7-8)6(10)13-2;1-8-5(6(10)13-2)4(3-7-8)9(11)12;1-9-3-4(7)5(8-9)6(10)11-2;1-9-5(6(10)11-2)4(7)3-8-9;1-12-5(9)4-3(8(10)11)2-6-7-4/h2*3H,1-2H3;2*3H,7H2,1-2H3;2H,1H3,(H,6,7). The molecule has 31 nitrogen and oxygen atoms in total. The van der Waals surface area contributed by atoms with E-state index >= 15 is 0 Å². The molecule has 324 valence electrons. The summed E-state index contributed by atoms with van der Waals surface area (Å²) in [6.07, 6.45) is 6.06. The van der Waals surface area contributed by atoms with Crippen LogP contribution in [0.15, 0.2) is 31.0 Å². The van der Waals surface area contributed by atoms with Crippen LogP contribution in [0.4, 0.5) is 28.4 Å². The maximum Gasteiger partial charge on any atom is 0.365 e. The monoisotopic (exact) mass is 851 g/mol. The van der Waals surface area contributed by atoms with E-state index in [1.165, 1.54) is 48.6 Å². The number of esters is 5. The number of nitrogens with two attached hydrogens (primary N) is 2. The Morgan fingerprint density at radius 3 is 1.43 bits per heavy atom. The van der Waals surface area contributed by atoms with Gasteiger partial charge in [-0.25, -0.2) is 24.0 Å². The van der Waals surface area contributed by atoms with E-state index in [-0.39, 0.29) is 45.5 Å². The van der Waals surface area contributed by atoms with Crippen molar-refractivity contribution in [3.63, 3.8) is 0 Å². The molecule has 5 N–H and O–H groups in total. The minimum absolute atomic E-state index is 0.160. The van der Waals surface area contributed by atoms with Crippen LogP contribution >= 0.6 is 0 Å². The van der Waals surface area contributed by atoms with Gasteiger partial charge in [0, 0.05) is 34.4 Å². The maximum absolute atomic E-state index is 11.0. The lowest BCUT2D eigenvalue weighted by atomic mass is 10.4. The highest BCUT2D eigenvalue weighted by Gasteiger charge is 2.27. The van der Waals surface area contributed by atoms with Gasteiger partial charge in [-0.15, -0.1) is 0 Å². The fourth-order valence-corrected chi connectivity index (χ4v) is 3.98. The zero-order chi connectivity index (χ0) is 46.0. The third-order valence-electron chi connectivity index (χ3n) is 6.67. The second-order valence-electron chi connectivity index (χ2n) is 10.6. The maximum atomic E-state index is 11.0. The number of nitrogens with zero attached hydrogens (tertiary/aromatic N) is 12. The molecule has 0 bridgehead atoms. The van der Waals surface area contributed by atoms with Crippen molar-refractivity contribution in [1.82, 2.24) is 49.3 Å². The molecule has 0 saturated heterocycles. The Morgan fingerprint density at radius 1 is 0.567 bits per heavy atom. The number of carbonyl (C=O) groups excluding carboxylic acids is 5. The first-order valence-electron chi connectivity index (χ1n) is 15.6. The first-order chi connectivity index (χ1) is 28.1. The summed E-state index contributed by atoms with van der Waals surface area (Å²) >= 11 is 0. The largest absolute Gasteiger partial charge is 0.464 e. The van der Waals surface area contributed by atoms with Crippen molar-refractivity contribution in [2.45, 2.75) is 0 Å². The molecule has 31 heteroatoms. The first kappa shape index (κ1) is 49.2. The summed E-state index contributed by atoms with van der Waals surface area (Å²) in [5, 5.41) is 51.3. The average molecular weight is 852 g/mol. The summed E-state index contributed by atoms with van der Waals surface area (Å²) < 4.78 is 27.0. The van der Waals surface area contributed by atoms with Gasteiger partial charge < -0.3 is 35.2 Å². The van der Waals surface area contributed by atoms with E-state index in [1.54, 1.807) is 20.3 Å². The van der Waals surface area contributed by atoms with Gasteiger partial charge in [-0.3, -0.25) is 54.2 Å². The second kappa shape index (κ2) is 22.7. The molecular formula is C29H37N15O16. The summed E-state index contributed by atoms with van der Waals surface area (Å²) in [5.74, 6) is -3.37. The van der Waals surface area contributed by atoms with Crippen molar-refractivity contribution in [3.05, 3.63) is 89.8 Å². The summed E-state index contributed by atoms with van der Waals surface area (Å²) in [6, 6.07) is 0. The number of aromatic nitrogens is 10. The summed E-state index contributed by atoms with van der Waals surface area (Å²) in [4.78, 5) is 83.6.